The van der Waals surface area contributed by atoms with Crippen molar-refractivity contribution in [1.82, 2.24) is 0 Å². The first-order chi connectivity index (χ1) is 6.81. The monoisotopic (exact) mass is 223 g/mol. The molecule has 0 radical (unpaired) electrons. The molecule has 1 fully saturated rings. The van der Waals surface area contributed by atoms with E-state index in [4.69, 9.17) is 5.26 Å². The normalized spacial score (nSPS) is 25.9. The lowest BCUT2D eigenvalue weighted by Crippen LogP contribution is -1.97. The first-order valence-electron chi connectivity index (χ1n) is 4.30. The summed E-state index contributed by atoms with van der Waals surface area (Å²) in [6.45, 7) is 0. The molecular weight excluding hydrogens is 214 g/mol. The van der Waals surface area contributed by atoms with E-state index in [0.717, 1.165) is 17.1 Å². The van der Waals surface area contributed by atoms with Crippen LogP contribution < -0.4 is 0 Å². The second kappa shape index (κ2) is 4.16. The highest BCUT2D eigenvalue weighted by Crippen LogP contribution is 2.37. The molecule has 1 saturated heterocycles. The summed E-state index contributed by atoms with van der Waals surface area (Å²) >= 11 is 1.73. The molecule has 1 aliphatic rings. The predicted octanol–water partition coefficient (Wildman–Crippen LogP) is 2.05. The summed E-state index contributed by atoms with van der Waals surface area (Å²) in [6.07, 6.45) is 0. The van der Waals surface area contributed by atoms with Gasteiger partial charge in [-0.1, -0.05) is 12.1 Å². The number of nitriles is 1. The van der Waals surface area contributed by atoms with Crippen molar-refractivity contribution >= 4 is 22.6 Å². The maximum Gasteiger partial charge on any atom is 0.105 e. The standard InChI is InChI=1S/C10H9NOS2/c11-7-8-1-3-9(4-2-8)10-13-5-6-14(10)12/h1-4,10H,5-6H2/t10-,14?/m1/s1. The van der Waals surface area contributed by atoms with Crippen LogP contribution in [0.15, 0.2) is 24.3 Å². The molecule has 0 N–H and O–H groups in total. The fraction of sp³-hybridized carbons (Fsp3) is 0.300. The number of hydrogen-bond acceptors (Lipinski definition) is 3. The number of nitrogens with zero attached hydrogens (tertiary/aromatic N) is 1. The van der Waals surface area contributed by atoms with E-state index in [-0.39, 0.29) is 4.58 Å². The average Bonchev–Trinajstić information content (AvgIpc) is 2.65. The molecule has 2 rings (SSSR count). The highest BCUT2D eigenvalue weighted by Gasteiger charge is 2.24. The zero-order valence-electron chi connectivity index (χ0n) is 7.47. The van der Waals surface area contributed by atoms with Gasteiger partial charge >= 0.3 is 0 Å². The van der Waals surface area contributed by atoms with Crippen LogP contribution in [-0.4, -0.2) is 15.7 Å². The number of rotatable bonds is 1. The zero-order chi connectivity index (χ0) is 9.97. The van der Waals surface area contributed by atoms with E-state index in [0.29, 0.717) is 5.56 Å². The quantitative estimate of drug-likeness (QED) is 0.731. The van der Waals surface area contributed by atoms with Crippen LogP contribution in [0.25, 0.3) is 0 Å². The van der Waals surface area contributed by atoms with Gasteiger partial charge < -0.3 is 0 Å². The van der Waals surface area contributed by atoms with Crippen LogP contribution in [0.2, 0.25) is 0 Å². The third-order valence-electron chi connectivity index (χ3n) is 2.10. The van der Waals surface area contributed by atoms with Crippen molar-refractivity contribution in [3.8, 4) is 6.07 Å². The molecule has 0 spiro atoms. The van der Waals surface area contributed by atoms with E-state index in [1.807, 2.05) is 12.1 Å². The first-order valence-corrected chi connectivity index (χ1v) is 6.73. The van der Waals surface area contributed by atoms with Gasteiger partial charge in [-0.15, -0.1) is 11.8 Å². The summed E-state index contributed by atoms with van der Waals surface area (Å²) in [5.74, 6) is 1.76. The van der Waals surface area contributed by atoms with Gasteiger partial charge in [-0.25, -0.2) is 0 Å². The van der Waals surface area contributed by atoms with Crippen molar-refractivity contribution in [2.45, 2.75) is 4.58 Å². The molecule has 4 heteroatoms. The van der Waals surface area contributed by atoms with E-state index in [9.17, 15) is 4.21 Å². The predicted molar refractivity (Wildman–Crippen MR) is 59.4 cm³/mol. The van der Waals surface area contributed by atoms with Gasteiger partial charge in [-0.3, -0.25) is 4.21 Å². The molecule has 0 saturated carbocycles. The van der Waals surface area contributed by atoms with Crippen LogP contribution in [0.3, 0.4) is 0 Å². The van der Waals surface area contributed by atoms with Gasteiger partial charge in [0, 0.05) is 22.3 Å². The van der Waals surface area contributed by atoms with Crippen molar-refractivity contribution in [3.05, 3.63) is 35.4 Å². The van der Waals surface area contributed by atoms with Crippen molar-refractivity contribution in [2.24, 2.45) is 0 Å². The molecule has 1 aliphatic heterocycles. The maximum atomic E-state index is 11.6. The SMILES string of the molecule is N#Cc1ccc([C@@H]2SCCS2=O)cc1. The molecule has 0 aromatic heterocycles. The summed E-state index contributed by atoms with van der Waals surface area (Å²) in [5.41, 5.74) is 1.73. The Morgan fingerprint density at radius 3 is 2.64 bits per heavy atom. The largest absolute Gasteiger partial charge is 0.258 e. The highest BCUT2D eigenvalue weighted by atomic mass is 32.2. The summed E-state index contributed by atoms with van der Waals surface area (Å²) in [6, 6.07) is 9.44. The molecule has 1 unspecified atom stereocenters. The molecule has 2 nitrogen and oxygen atoms in total. The molecule has 1 aromatic carbocycles. The summed E-state index contributed by atoms with van der Waals surface area (Å²) < 4.78 is 11.7. The summed E-state index contributed by atoms with van der Waals surface area (Å²) in [4.78, 5) is 0. The second-order valence-electron chi connectivity index (χ2n) is 3.02. The number of thioether (sulfide) groups is 1. The number of hydrogen-bond donors (Lipinski definition) is 0. The Morgan fingerprint density at radius 1 is 1.43 bits per heavy atom. The average molecular weight is 223 g/mol. The minimum Gasteiger partial charge on any atom is -0.258 e. The Hall–Kier alpha value is -0.790. The Balaban J connectivity index is 2.25. The van der Waals surface area contributed by atoms with E-state index in [2.05, 4.69) is 6.07 Å². The van der Waals surface area contributed by atoms with Crippen LogP contribution >= 0.6 is 11.8 Å². The van der Waals surface area contributed by atoms with Gasteiger partial charge in [-0.2, -0.15) is 5.26 Å². The third-order valence-corrected chi connectivity index (χ3v) is 5.79. The van der Waals surface area contributed by atoms with Gasteiger partial charge in [0.15, 0.2) is 0 Å². The van der Waals surface area contributed by atoms with Gasteiger partial charge in [0.2, 0.25) is 0 Å². The molecule has 72 valence electrons. The van der Waals surface area contributed by atoms with Crippen molar-refractivity contribution in [3.63, 3.8) is 0 Å². The molecular formula is C10H9NOS2. The van der Waals surface area contributed by atoms with Gasteiger partial charge in [-0.05, 0) is 17.7 Å². The Kier molecular flexibility index (Phi) is 2.90. The molecule has 1 aromatic rings. The molecule has 0 bridgehead atoms. The van der Waals surface area contributed by atoms with Crippen LogP contribution in [0.5, 0.6) is 0 Å². The molecule has 14 heavy (non-hydrogen) atoms. The molecule has 0 aliphatic carbocycles. The molecule has 1 heterocycles. The van der Waals surface area contributed by atoms with Crippen LogP contribution in [-0.2, 0) is 10.8 Å². The van der Waals surface area contributed by atoms with Crippen molar-refractivity contribution in [2.75, 3.05) is 11.5 Å². The lowest BCUT2D eigenvalue weighted by atomic mass is 10.2. The summed E-state index contributed by atoms with van der Waals surface area (Å²) in [7, 11) is -0.740. The van der Waals surface area contributed by atoms with E-state index >= 15 is 0 Å². The van der Waals surface area contributed by atoms with Crippen LogP contribution in [0.4, 0.5) is 0 Å². The van der Waals surface area contributed by atoms with E-state index in [1.165, 1.54) is 0 Å². The van der Waals surface area contributed by atoms with Gasteiger partial charge in [0.1, 0.15) is 4.58 Å². The summed E-state index contributed by atoms with van der Waals surface area (Å²) in [5, 5.41) is 8.63. The minimum absolute atomic E-state index is 0.114. The Morgan fingerprint density at radius 2 is 2.14 bits per heavy atom. The lowest BCUT2D eigenvalue weighted by Gasteiger charge is -2.07. The zero-order valence-corrected chi connectivity index (χ0v) is 9.11. The van der Waals surface area contributed by atoms with E-state index in [1.54, 1.807) is 23.9 Å². The molecule has 2 atom stereocenters. The first kappa shape index (κ1) is 9.75. The Bertz CT molecular complexity index is 394. The second-order valence-corrected chi connectivity index (χ2v) is 6.17. The topological polar surface area (TPSA) is 40.9 Å². The maximum absolute atomic E-state index is 11.6. The Labute approximate surface area is 89.8 Å². The minimum atomic E-state index is -0.740. The fourth-order valence-corrected chi connectivity index (χ4v) is 4.85. The molecule has 0 amide bonds. The lowest BCUT2D eigenvalue weighted by molar-refractivity contribution is 0.684. The van der Waals surface area contributed by atoms with Gasteiger partial charge in [0.05, 0.1) is 11.6 Å². The highest BCUT2D eigenvalue weighted by molar-refractivity contribution is 8.13. The third kappa shape index (κ3) is 1.84. The van der Waals surface area contributed by atoms with E-state index < -0.39 is 10.8 Å². The van der Waals surface area contributed by atoms with Crippen LogP contribution in [0, 0.1) is 11.3 Å². The van der Waals surface area contributed by atoms with Gasteiger partial charge in [0.25, 0.3) is 0 Å². The van der Waals surface area contributed by atoms with Crippen LogP contribution in [0.1, 0.15) is 15.7 Å². The smallest absolute Gasteiger partial charge is 0.105 e. The fourth-order valence-electron chi connectivity index (χ4n) is 1.38. The van der Waals surface area contributed by atoms with Crippen molar-refractivity contribution in [1.29, 1.82) is 5.26 Å². The number of benzene rings is 1. The van der Waals surface area contributed by atoms with Crippen molar-refractivity contribution < 1.29 is 4.21 Å².